The summed E-state index contributed by atoms with van der Waals surface area (Å²) in [5.41, 5.74) is 3.35. The van der Waals surface area contributed by atoms with Gasteiger partial charge in [0.1, 0.15) is 0 Å². The van der Waals surface area contributed by atoms with Crippen molar-refractivity contribution in [2.45, 2.75) is 91.4 Å². The second kappa shape index (κ2) is 25.7. The molecule has 0 radical (unpaired) electrons. The molecule has 4 aromatic carbocycles. The quantitative estimate of drug-likeness (QED) is 0.0386. The number of aliphatic imine (C=N–C) groups is 2. The molecule has 0 fully saturated rings. The number of unbranched alkanes of at least 4 members (excludes halogenated alkanes) is 5. The summed E-state index contributed by atoms with van der Waals surface area (Å²) in [6, 6.07) is 25.7. The molecule has 4 rings (SSSR count). The van der Waals surface area contributed by atoms with Crippen LogP contribution in [0, 0.1) is 0 Å². The maximum atomic E-state index is 10.7. The van der Waals surface area contributed by atoms with Gasteiger partial charge >= 0.3 is 16.5 Å². The van der Waals surface area contributed by atoms with E-state index in [0.717, 1.165) is 36.3 Å². The average molecular weight is 770 g/mol. The third-order valence-electron chi connectivity index (χ3n) is 7.87. The summed E-state index contributed by atoms with van der Waals surface area (Å²) >= 11 is 0. The molecule has 0 aliphatic heterocycles. The Hall–Kier alpha value is -5.15. The number of aromatic carboxylic acids is 2. The van der Waals surface area contributed by atoms with Gasteiger partial charge in [-0.1, -0.05) is 114 Å². The predicted octanol–water partition coefficient (Wildman–Crippen LogP) is 7.74. The van der Waals surface area contributed by atoms with Crippen molar-refractivity contribution in [3.8, 4) is 23.0 Å². The zero-order valence-electron chi connectivity index (χ0n) is 30.6. The van der Waals surface area contributed by atoms with Crippen LogP contribution in [0.5, 0.6) is 23.0 Å². The molecule has 0 heterocycles. The summed E-state index contributed by atoms with van der Waals surface area (Å²) in [4.78, 5) is 30.7. The minimum Gasteiger partial charge on any atom is -0.545 e. The van der Waals surface area contributed by atoms with Gasteiger partial charge in [-0.2, -0.15) is 0 Å². The standard InChI is InChI=1S/C22H28N2.2C10H12O4.Ni/c1-2-3-4-5-6-9-18-22(24-21-16-12-8-13-17-21)19-23-20-14-10-7-11-15-20;2*1-2-3-6-4-5-7(11)9(12)8(6)10(13)14;/h7-8,10-17,19H,2-6,9,18H2,1H3;2*4-5,11-12H,2-3H2,1H3,(H,13,14);/q;;;+2/p-2. The van der Waals surface area contributed by atoms with Crippen LogP contribution in [0.25, 0.3) is 0 Å². The first kappa shape index (κ1) is 45.9. The second-order valence-electron chi connectivity index (χ2n) is 12.1. The molecule has 0 saturated heterocycles. The molecule has 0 bridgehead atoms. The number of hydrogen-bond acceptors (Lipinski definition) is 10. The fourth-order valence-corrected chi connectivity index (χ4v) is 5.22. The monoisotopic (exact) mass is 768 g/mol. The third-order valence-corrected chi connectivity index (χ3v) is 7.87. The fourth-order valence-electron chi connectivity index (χ4n) is 5.22. The van der Waals surface area contributed by atoms with Crippen molar-refractivity contribution < 1.29 is 56.7 Å². The first-order valence-corrected chi connectivity index (χ1v) is 17.8. The molecule has 0 aliphatic carbocycles. The topological polar surface area (TPSA) is 186 Å². The van der Waals surface area contributed by atoms with Gasteiger partial charge in [0.15, 0.2) is 23.0 Å². The van der Waals surface area contributed by atoms with E-state index in [4.69, 9.17) is 15.2 Å². The van der Waals surface area contributed by atoms with Gasteiger partial charge in [0.05, 0.1) is 29.0 Å². The Labute approximate surface area is 322 Å². The summed E-state index contributed by atoms with van der Waals surface area (Å²) in [7, 11) is 0. The molecular weight excluding hydrogens is 719 g/mol. The van der Waals surface area contributed by atoms with Crippen LogP contribution in [0.15, 0.2) is 94.9 Å². The summed E-state index contributed by atoms with van der Waals surface area (Å²) < 4.78 is 0. The van der Waals surface area contributed by atoms with E-state index in [1.807, 2.05) is 80.7 Å². The minimum absolute atomic E-state index is 0. The van der Waals surface area contributed by atoms with Gasteiger partial charge in [-0.25, -0.2) is 0 Å². The maximum Gasteiger partial charge on any atom is 2.00 e. The summed E-state index contributed by atoms with van der Waals surface area (Å²) in [5.74, 6) is -5.05. The number of rotatable bonds is 16. The largest absolute Gasteiger partial charge is 2.00 e. The number of nitrogens with zero attached hydrogens (tertiary/aromatic N) is 2. The Bertz CT molecular complexity index is 1670. The van der Waals surface area contributed by atoms with E-state index in [0.29, 0.717) is 24.0 Å². The average Bonchev–Trinajstić information content (AvgIpc) is 3.13. The van der Waals surface area contributed by atoms with Crippen molar-refractivity contribution in [1.82, 2.24) is 0 Å². The van der Waals surface area contributed by atoms with Crippen molar-refractivity contribution in [1.29, 1.82) is 0 Å². The van der Waals surface area contributed by atoms with Gasteiger partial charge in [-0.05, 0) is 73.2 Å². The molecule has 11 heteroatoms. The number of phenols is 4. The van der Waals surface area contributed by atoms with E-state index in [9.17, 15) is 30.0 Å². The Morgan fingerprint density at radius 2 is 1.02 bits per heavy atom. The van der Waals surface area contributed by atoms with Crippen molar-refractivity contribution in [2.24, 2.45) is 9.98 Å². The Balaban J connectivity index is 0.000000419. The van der Waals surface area contributed by atoms with E-state index in [2.05, 4.69) is 11.9 Å². The van der Waals surface area contributed by atoms with Crippen LogP contribution in [0.4, 0.5) is 11.4 Å². The molecule has 0 aromatic heterocycles. The van der Waals surface area contributed by atoms with Gasteiger partial charge < -0.3 is 40.2 Å². The zero-order chi connectivity index (χ0) is 38.3. The normalized spacial score (nSPS) is 10.7. The van der Waals surface area contributed by atoms with Crippen LogP contribution in [-0.2, 0) is 29.3 Å². The molecule has 0 spiro atoms. The number of para-hydroxylation sites is 2. The van der Waals surface area contributed by atoms with Gasteiger partial charge in [0.25, 0.3) is 0 Å². The zero-order valence-corrected chi connectivity index (χ0v) is 31.6. The van der Waals surface area contributed by atoms with Gasteiger partial charge in [0.2, 0.25) is 0 Å². The van der Waals surface area contributed by atoms with Gasteiger partial charge in [0, 0.05) is 17.3 Å². The van der Waals surface area contributed by atoms with Crippen molar-refractivity contribution >= 4 is 35.2 Å². The van der Waals surface area contributed by atoms with Crippen LogP contribution < -0.4 is 10.2 Å². The number of phenolic OH excluding ortho intramolecular Hbond substituents is 2. The number of carboxylic acid groups (broad SMARTS) is 2. The molecule has 0 saturated carbocycles. The van der Waals surface area contributed by atoms with Gasteiger partial charge in [-0.15, -0.1) is 0 Å². The molecule has 0 atom stereocenters. The van der Waals surface area contributed by atoms with Crippen LogP contribution >= 0.6 is 0 Å². The molecule has 4 N–H and O–H groups in total. The smallest absolute Gasteiger partial charge is 0.545 e. The van der Waals surface area contributed by atoms with Crippen LogP contribution in [0.3, 0.4) is 0 Å². The molecule has 10 nitrogen and oxygen atoms in total. The van der Waals surface area contributed by atoms with E-state index in [1.54, 1.807) is 0 Å². The van der Waals surface area contributed by atoms with E-state index in [1.165, 1.54) is 62.8 Å². The van der Waals surface area contributed by atoms with Crippen molar-refractivity contribution in [3.05, 3.63) is 107 Å². The number of aromatic hydroxyl groups is 4. The number of carbonyl (C=O) groups excluding carboxylic acids is 2. The summed E-state index contributed by atoms with van der Waals surface area (Å²) in [6.45, 7) is 6.04. The Morgan fingerprint density at radius 3 is 1.45 bits per heavy atom. The molecular formula is C42H50N2NiO8. The molecule has 4 aromatic rings. The molecule has 0 unspecified atom stereocenters. The number of hydrogen-bond donors (Lipinski definition) is 4. The van der Waals surface area contributed by atoms with E-state index >= 15 is 0 Å². The maximum absolute atomic E-state index is 10.7. The number of benzene rings is 4. The SMILES string of the molecule is CCCCCCCCC(C=Nc1ccccc1)=Nc1ccccc1.CCCc1ccc(O)c(O)c1C(=O)[O-].CCCc1ccc(O)c(O)c1C(=O)[O-].[Ni+2]. The summed E-state index contributed by atoms with van der Waals surface area (Å²) in [5, 5.41) is 58.2. The molecule has 53 heavy (non-hydrogen) atoms. The van der Waals surface area contributed by atoms with Crippen LogP contribution in [0.1, 0.15) is 110 Å². The third kappa shape index (κ3) is 16.4. The van der Waals surface area contributed by atoms with Crippen LogP contribution in [-0.4, -0.2) is 44.3 Å². The molecule has 0 aliphatic rings. The Morgan fingerprint density at radius 1 is 0.585 bits per heavy atom. The van der Waals surface area contributed by atoms with Crippen molar-refractivity contribution in [3.63, 3.8) is 0 Å². The predicted molar refractivity (Wildman–Crippen MR) is 202 cm³/mol. The molecule has 286 valence electrons. The Kier molecular flexibility index (Phi) is 22.3. The number of carbonyl (C=O) groups is 2. The van der Waals surface area contributed by atoms with Gasteiger partial charge in [-0.3, -0.25) is 9.98 Å². The van der Waals surface area contributed by atoms with E-state index < -0.39 is 34.9 Å². The van der Waals surface area contributed by atoms with Crippen LogP contribution in [0.2, 0.25) is 0 Å². The first-order valence-electron chi connectivity index (χ1n) is 17.8. The number of aryl methyl sites for hydroxylation is 2. The molecule has 0 amide bonds. The minimum atomic E-state index is -1.47. The first-order chi connectivity index (χ1) is 25.0. The van der Waals surface area contributed by atoms with E-state index in [-0.39, 0.29) is 27.6 Å². The van der Waals surface area contributed by atoms with Crippen molar-refractivity contribution in [2.75, 3.05) is 0 Å². The fraction of sp³-hybridized carbons (Fsp3) is 0.333. The number of carboxylic acids is 2. The summed E-state index contributed by atoms with van der Waals surface area (Å²) in [6.07, 6.45) is 13.2. The second-order valence-corrected chi connectivity index (χ2v) is 12.1.